The number of aromatic nitrogens is 3. The number of para-hydroxylation sites is 1. The molecule has 1 amide bonds. The number of hydrogen-bond acceptors (Lipinski definition) is 2. The van der Waals surface area contributed by atoms with Gasteiger partial charge in [-0.1, -0.05) is 18.2 Å². The first-order valence-electron chi connectivity index (χ1n) is 9.44. The summed E-state index contributed by atoms with van der Waals surface area (Å²) >= 11 is 0. The van der Waals surface area contributed by atoms with Crippen molar-refractivity contribution in [2.75, 3.05) is 13.1 Å². The van der Waals surface area contributed by atoms with Crippen LogP contribution in [0.4, 0.5) is 0 Å². The van der Waals surface area contributed by atoms with Crippen molar-refractivity contribution < 1.29 is 4.79 Å². The molecular formula is C21H26N4O. The Morgan fingerprint density at radius 3 is 3.00 bits per heavy atom. The van der Waals surface area contributed by atoms with Gasteiger partial charge in [-0.25, -0.2) is 4.98 Å². The zero-order valence-corrected chi connectivity index (χ0v) is 15.5. The fourth-order valence-electron chi connectivity index (χ4n) is 4.17. The fourth-order valence-corrected chi connectivity index (χ4v) is 4.17. The number of rotatable bonds is 4. The molecule has 1 aromatic carbocycles. The summed E-state index contributed by atoms with van der Waals surface area (Å²) in [5, 5.41) is 1.22. The molecule has 4 rings (SSSR count). The molecule has 1 aliphatic heterocycles. The Bertz CT molecular complexity index is 923. The number of hydrogen-bond donors (Lipinski definition) is 1. The highest BCUT2D eigenvalue weighted by molar-refractivity contribution is 5.84. The number of carbonyl (C=O) groups is 1. The molecule has 2 aromatic heterocycles. The van der Waals surface area contributed by atoms with Crippen LogP contribution in [0.25, 0.3) is 10.9 Å². The van der Waals surface area contributed by atoms with Crippen molar-refractivity contribution in [3.63, 3.8) is 0 Å². The molecule has 1 fully saturated rings. The Morgan fingerprint density at radius 2 is 2.19 bits per heavy atom. The lowest BCUT2D eigenvalue weighted by atomic mass is 9.96. The average Bonchev–Trinajstić information content (AvgIpc) is 3.22. The van der Waals surface area contributed by atoms with Gasteiger partial charge in [0.2, 0.25) is 5.91 Å². The lowest BCUT2D eigenvalue weighted by Gasteiger charge is -2.32. The largest absolute Gasteiger partial charge is 0.361 e. The lowest BCUT2D eigenvalue weighted by Crippen LogP contribution is -2.39. The summed E-state index contributed by atoms with van der Waals surface area (Å²) in [5.41, 5.74) is 3.41. The van der Waals surface area contributed by atoms with Crippen molar-refractivity contribution in [2.45, 2.75) is 38.5 Å². The van der Waals surface area contributed by atoms with E-state index in [2.05, 4.69) is 32.9 Å². The Morgan fingerprint density at radius 1 is 1.35 bits per heavy atom. The number of carbonyl (C=O) groups excluding carboxylic acids is 1. The summed E-state index contributed by atoms with van der Waals surface area (Å²) in [5.74, 6) is 1.71. The minimum absolute atomic E-state index is 0.255. The Labute approximate surface area is 154 Å². The van der Waals surface area contributed by atoms with Crippen LogP contribution in [0.3, 0.4) is 0 Å². The van der Waals surface area contributed by atoms with Crippen LogP contribution in [0.5, 0.6) is 0 Å². The summed E-state index contributed by atoms with van der Waals surface area (Å²) in [6.45, 7) is 3.68. The monoisotopic (exact) mass is 350 g/mol. The first kappa shape index (κ1) is 16.9. The zero-order valence-electron chi connectivity index (χ0n) is 15.5. The number of benzene rings is 1. The molecule has 3 heterocycles. The summed E-state index contributed by atoms with van der Waals surface area (Å²) in [4.78, 5) is 22.8. The SMILES string of the molecule is Cc1cn(C)c(C2CCCN(C(=O)CCc3c[nH]c4ccccc34)C2)n1. The van der Waals surface area contributed by atoms with E-state index in [0.29, 0.717) is 12.3 Å². The predicted octanol–water partition coefficient (Wildman–Crippen LogP) is 3.55. The van der Waals surface area contributed by atoms with E-state index in [1.54, 1.807) is 0 Å². The van der Waals surface area contributed by atoms with Crippen LogP contribution < -0.4 is 0 Å². The van der Waals surface area contributed by atoms with Gasteiger partial charge in [0.1, 0.15) is 5.82 Å². The van der Waals surface area contributed by atoms with Crippen LogP contribution in [-0.2, 0) is 18.3 Å². The van der Waals surface area contributed by atoms with E-state index in [0.717, 1.165) is 49.4 Å². The number of H-pyrrole nitrogens is 1. The van der Waals surface area contributed by atoms with Gasteiger partial charge >= 0.3 is 0 Å². The summed E-state index contributed by atoms with van der Waals surface area (Å²) < 4.78 is 2.11. The third-order valence-corrected chi connectivity index (χ3v) is 5.46. The number of aromatic amines is 1. The molecule has 0 aliphatic carbocycles. The van der Waals surface area contributed by atoms with E-state index in [9.17, 15) is 4.79 Å². The Kier molecular flexibility index (Phi) is 4.53. The minimum atomic E-state index is 0.255. The third kappa shape index (κ3) is 3.26. The van der Waals surface area contributed by atoms with Crippen molar-refractivity contribution >= 4 is 16.8 Å². The van der Waals surface area contributed by atoms with E-state index in [4.69, 9.17) is 0 Å². The fraction of sp³-hybridized carbons (Fsp3) is 0.429. The molecule has 0 saturated carbocycles. The van der Waals surface area contributed by atoms with Gasteiger partial charge in [-0.05, 0) is 37.8 Å². The van der Waals surface area contributed by atoms with Crippen molar-refractivity contribution in [3.05, 3.63) is 53.7 Å². The first-order valence-corrected chi connectivity index (χ1v) is 9.44. The maximum absolute atomic E-state index is 12.8. The highest BCUT2D eigenvalue weighted by Crippen LogP contribution is 2.27. The molecule has 1 saturated heterocycles. The molecule has 0 spiro atoms. The lowest BCUT2D eigenvalue weighted by molar-refractivity contribution is -0.132. The van der Waals surface area contributed by atoms with E-state index >= 15 is 0 Å². The molecule has 5 heteroatoms. The van der Waals surface area contributed by atoms with E-state index in [1.165, 1.54) is 10.9 Å². The number of nitrogens with zero attached hydrogens (tertiary/aromatic N) is 3. The Balaban J connectivity index is 1.40. The van der Waals surface area contributed by atoms with Crippen molar-refractivity contribution in [1.29, 1.82) is 0 Å². The van der Waals surface area contributed by atoms with Crippen LogP contribution in [0.15, 0.2) is 36.7 Å². The number of imidazole rings is 1. The number of aryl methyl sites for hydroxylation is 3. The number of likely N-dealkylation sites (tertiary alicyclic amines) is 1. The van der Waals surface area contributed by atoms with E-state index in [1.807, 2.05) is 37.2 Å². The number of piperidine rings is 1. The second-order valence-corrected chi connectivity index (χ2v) is 7.39. The molecule has 5 nitrogen and oxygen atoms in total. The van der Waals surface area contributed by atoms with Crippen LogP contribution >= 0.6 is 0 Å². The van der Waals surface area contributed by atoms with Gasteiger partial charge in [-0.15, -0.1) is 0 Å². The number of nitrogens with one attached hydrogen (secondary N) is 1. The van der Waals surface area contributed by atoms with Crippen LogP contribution in [0.2, 0.25) is 0 Å². The van der Waals surface area contributed by atoms with Crippen LogP contribution in [0, 0.1) is 6.92 Å². The molecule has 136 valence electrons. The van der Waals surface area contributed by atoms with Crippen molar-refractivity contribution in [1.82, 2.24) is 19.4 Å². The predicted molar refractivity (Wildman–Crippen MR) is 103 cm³/mol. The van der Waals surface area contributed by atoms with Gasteiger partial charge in [0.05, 0.1) is 5.69 Å². The van der Waals surface area contributed by atoms with Crippen LogP contribution in [0.1, 0.15) is 42.3 Å². The number of amides is 1. The van der Waals surface area contributed by atoms with Gasteiger partial charge in [0.15, 0.2) is 0 Å². The van der Waals surface area contributed by atoms with Gasteiger partial charge in [0, 0.05) is 55.8 Å². The highest BCUT2D eigenvalue weighted by atomic mass is 16.2. The number of fused-ring (bicyclic) bond motifs is 1. The van der Waals surface area contributed by atoms with Gasteiger partial charge < -0.3 is 14.5 Å². The van der Waals surface area contributed by atoms with E-state index < -0.39 is 0 Å². The zero-order chi connectivity index (χ0) is 18.1. The van der Waals surface area contributed by atoms with Gasteiger partial charge in [-0.2, -0.15) is 0 Å². The molecule has 0 radical (unpaired) electrons. The molecule has 1 aliphatic rings. The minimum Gasteiger partial charge on any atom is -0.361 e. The summed E-state index contributed by atoms with van der Waals surface area (Å²) in [6.07, 6.45) is 7.60. The molecular weight excluding hydrogens is 324 g/mol. The Hall–Kier alpha value is -2.56. The summed E-state index contributed by atoms with van der Waals surface area (Å²) in [6, 6.07) is 8.27. The van der Waals surface area contributed by atoms with Crippen molar-refractivity contribution in [2.24, 2.45) is 7.05 Å². The first-order chi connectivity index (χ1) is 12.6. The van der Waals surface area contributed by atoms with E-state index in [-0.39, 0.29) is 5.91 Å². The standard InChI is InChI=1S/C21H26N4O/c1-15-13-24(2)21(23-15)17-6-5-11-25(14-17)20(26)10-9-16-12-22-19-8-4-3-7-18(16)19/h3-4,7-8,12-13,17,22H,5-6,9-11,14H2,1-2H3. The maximum Gasteiger partial charge on any atom is 0.222 e. The molecule has 26 heavy (non-hydrogen) atoms. The average molecular weight is 350 g/mol. The van der Waals surface area contributed by atoms with Crippen LogP contribution in [-0.4, -0.2) is 38.4 Å². The molecule has 0 bridgehead atoms. The highest BCUT2D eigenvalue weighted by Gasteiger charge is 2.27. The summed E-state index contributed by atoms with van der Waals surface area (Å²) in [7, 11) is 2.05. The third-order valence-electron chi connectivity index (χ3n) is 5.46. The van der Waals surface area contributed by atoms with Crippen molar-refractivity contribution in [3.8, 4) is 0 Å². The quantitative estimate of drug-likeness (QED) is 0.782. The van der Waals surface area contributed by atoms with Gasteiger partial charge in [0.25, 0.3) is 0 Å². The molecule has 3 aromatic rings. The second-order valence-electron chi connectivity index (χ2n) is 7.39. The molecule has 1 N–H and O–H groups in total. The smallest absolute Gasteiger partial charge is 0.222 e. The maximum atomic E-state index is 12.8. The second kappa shape index (κ2) is 6.98. The topological polar surface area (TPSA) is 53.9 Å². The molecule has 1 atom stereocenters. The molecule has 1 unspecified atom stereocenters. The normalized spacial score (nSPS) is 17.8. The van der Waals surface area contributed by atoms with Gasteiger partial charge in [-0.3, -0.25) is 4.79 Å².